The van der Waals surface area contributed by atoms with E-state index in [1.807, 2.05) is 12.1 Å². The summed E-state index contributed by atoms with van der Waals surface area (Å²) in [6.07, 6.45) is 0.842. The Kier molecular flexibility index (Phi) is 7.67. The molecular formula is C22H34N2O2. The summed E-state index contributed by atoms with van der Waals surface area (Å²) in [5.74, 6) is 6.51. The molecule has 0 bridgehead atoms. The van der Waals surface area contributed by atoms with Gasteiger partial charge in [-0.2, -0.15) is 0 Å². The first-order chi connectivity index (χ1) is 12.3. The molecule has 4 heteroatoms. The summed E-state index contributed by atoms with van der Waals surface area (Å²) in [7, 11) is 0. The van der Waals surface area contributed by atoms with E-state index in [0.717, 1.165) is 44.7 Å². The van der Waals surface area contributed by atoms with Crippen LogP contribution < -0.4 is 0 Å². The molecule has 1 aliphatic rings. The number of aliphatic hydroxyl groups is 2. The molecule has 1 atom stereocenters. The lowest BCUT2D eigenvalue weighted by atomic mass is 10.0. The molecule has 2 rings (SSSR count). The van der Waals surface area contributed by atoms with E-state index >= 15 is 0 Å². The van der Waals surface area contributed by atoms with Crippen molar-refractivity contribution in [3.63, 3.8) is 0 Å². The molecule has 2 N–H and O–H groups in total. The number of nitrogens with zero attached hydrogens (tertiary/aromatic N) is 2. The Balaban J connectivity index is 1.95. The maximum atomic E-state index is 9.69. The monoisotopic (exact) mass is 358 g/mol. The zero-order valence-electron chi connectivity index (χ0n) is 16.7. The molecule has 0 saturated carbocycles. The van der Waals surface area contributed by atoms with Gasteiger partial charge in [-0.15, -0.1) is 0 Å². The highest BCUT2D eigenvalue weighted by molar-refractivity contribution is 5.37. The zero-order valence-corrected chi connectivity index (χ0v) is 16.7. The topological polar surface area (TPSA) is 46.9 Å². The molecule has 1 aromatic carbocycles. The van der Waals surface area contributed by atoms with Crippen LogP contribution in [0, 0.1) is 17.8 Å². The van der Waals surface area contributed by atoms with Crippen LogP contribution in [0.25, 0.3) is 0 Å². The van der Waals surface area contributed by atoms with Crippen molar-refractivity contribution in [2.45, 2.75) is 52.3 Å². The van der Waals surface area contributed by atoms with Crippen molar-refractivity contribution in [2.24, 2.45) is 5.92 Å². The van der Waals surface area contributed by atoms with Gasteiger partial charge in [0.05, 0.1) is 0 Å². The van der Waals surface area contributed by atoms with Crippen molar-refractivity contribution < 1.29 is 10.2 Å². The lowest BCUT2D eigenvalue weighted by Gasteiger charge is -2.42. The van der Waals surface area contributed by atoms with Crippen LogP contribution in [0.4, 0.5) is 0 Å². The van der Waals surface area contributed by atoms with E-state index in [0.29, 0.717) is 12.0 Å². The summed E-state index contributed by atoms with van der Waals surface area (Å²) in [6.45, 7) is 13.3. The normalized spacial score (nSPS) is 19.4. The molecule has 0 unspecified atom stereocenters. The Bertz CT molecular complexity index is 608. The number of piperazine rings is 1. The third-order valence-corrected chi connectivity index (χ3v) is 4.62. The van der Waals surface area contributed by atoms with Crippen LogP contribution >= 0.6 is 0 Å². The van der Waals surface area contributed by atoms with E-state index < -0.39 is 5.60 Å². The Morgan fingerprint density at radius 1 is 1.19 bits per heavy atom. The van der Waals surface area contributed by atoms with Crippen molar-refractivity contribution in [1.82, 2.24) is 9.80 Å². The first-order valence-corrected chi connectivity index (χ1v) is 9.68. The highest BCUT2D eigenvalue weighted by atomic mass is 16.3. The number of benzene rings is 1. The van der Waals surface area contributed by atoms with Crippen LogP contribution in [0.15, 0.2) is 24.3 Å². The molecule has 1 fully saturated rings. The Hall–Kier alpha value is -1.38. The molecule has 26 heavy (non-hydrogen) atoms. The van der Waals surface area contributed by atoms with Crippen molar-refractivity contribution in [1.29, 1.82) is 0 Å². The van der Waals surface area contributed by atoms with Crippen LogP contribution in [0.2, 0.25) is 0 Å². The average molecular weight is 359 g/mol. The zero-order chi connectivity index (χ0) is 19.2. The molecule has 1 aromatic rings. The van der Waals surface area contributed by atoms with Crippen molar-refractivity contribution >= 4 is 0 Å². The van der Waals surface area contributed by atoms with Crippen molar-refractivity contribution in [2.75, 3.05) is 32.8 Å². The molecule has 0 aliphatic carbocycles. The predicted octanol–water partition coefficient (Wildman–Crippen LogP) is 2.33. The van der Waals surface area contributed by atoms with Gasteiger partial charge in [-0.1, -0.05) is 37.8 Å². The maximum absolute atomic E-state index is 9.69. The van der Waals surface area contributed by atoms with Gasteiger partial charge in [-0.05, 0) is 43.9 Å². The van der Waals surface area contributed by atoms with Gasteiger partial charge < -0.3 is 10.2 Å². The molecular weight excluding hydrogens is 324 g/mol. The Labute approximate surface area is 158 Å². The van der Waals surface area contributed by atoms with E-state index in [-0.39, 0.29) is 6.61 Å². The minimum absolute atomic E-state index is 0.252. The van der Waals surface area contributed by atoms with E-state index in [2.05, 4.69) is 47.6 Å². The summed E-state index contributed by atoms with van der Waals surface area (Å²) < 4.78 is 0. The van der Waals surface area contributed by atoms with Gasteiger partial charge in [0.1, 0.15) is 5.60 Å². The van der Waals surface area contributed by atoms with Crippen molar-refractivity contribution in [3.8, 4) is 11.8 Å². The highest BCUT2D eigenvalue weighted by Gasteiger charge is 2.26. The second-order valence-corrected chi connectivity index (χ2v) is 8.30. The molecule has 0 amide bonds. The van der Waals surface area contributed by atoms with Crippen LogP contribution in [0.1, 0.15) is 45.2 Å². The Morgan fingerprint density at radius 3 is 2.46 bits per heavy atom. The van der Waals surface area contributed by atoms with Gasteiger partial charge in [0, 0.05) is 50.9 Å². The molecule has 1 aliphatic heterocycles. The second-order valence-electron chi connectivity index (χ2n) is 8.30. The van der Waals surface area contributed by atoms with Crippen LogP contribution in [-0.4, -0.2) is 64.4 Å². The van der Waals surface area contributed by atoms with Crippen LogP contribution in [0.3, 0.4) is 0 Å². The lowest BCUT2D eigenvalue weighted by Crippen LogP contribution is -2.53. The first kappa shape index (κ1) is 20.9. The number of hydrogen-bond donors (Lipinski definition) is 2. The van der Waals surface area contributed by atoms with E-state index in [4.69, 9.17) is 0 Å². The minimum Gasteiger partial charge on any atom is -0.396 e. The maximum Gasteiger partial charge on any atom is 0.120 e. The van der Waals surface area contributed by atoms with Gasteiger partial charge in [-0.3, -0.25) is 9.80 Å². The third kappa shape index (κ3) is 7.09. The average Bonchev–Trinajstić information content (AvgIpc) is 2.56. The summed E-state index contributed by atoms with van der Waals surface area (Å²) in [6, 6.07) is 8.72. The fraction of sp³-hybridized carbons (Fsp3) is 0.636. The summed E-state index contributed by atoms with van der Waals surface area (Å²) in [5, 5.41) is 19.1. The summed E-state index contributed by atoms with van der Waals surface area (Å²) in [5.41, 5.74) is 1.24. The SMILES string of the molecule is CC(C)CN1CCN(Cc2ccc(C#CC(C)(C)O)cc2)C[C@@H]1CCO. The van der Waals surface area contributed by atoms with Gasteiger partial charge in [0.15, 0.2) is 0 Å². The third-order valence-electron chi connectivity index (χ3n) is 4.62. The smallest absolute Gasteiger partial charge is 0.120 e. The van der Waals surface area contributed by atoms with Gasteiger partial charge in [0.25, 0.3) is 0 Å². The fourth-order valence-electron chi connectivity index (χ4n) is 3.41. The summed E-state index contributed by atoms with van der Waals surface area (Å²) in [4.78, 5) is 5.02. The molecule has 0 radical (unpaired) electrons. The molecule has 4 nitrogen and oxygen atoms in total. The van der Waals surface area contributed by atoms with Crippen LogP contribution in [-0.2, 0) is 6.54 Å². The Morgan fingerprint density at radius 2 is 1.88 bits per heavy atom. The molecule has 0 spiro atoms. The van der Waals surface area contributed by atoms with Crippen molar-refractivity contribution in [3.05, 3.63) is 35.4 Å². The van der Waals surface area contributed by atoms with Crippen LogP contribution in [0.5, 0.6) is 0 Å². The number of aliphatic hydroxyl groups excluding tert-OH is 1. The minimum atomic E-state index is -0.962. The molecule has 144 valence electrons. The van der Waals surface area contributed by atoms with E-state index in [1.165, 1.54) is 5.56 Å². The number of rotatable bonds is 6. The van der Waals surface area contributed by atoms with E-state index in [9.17, 15) is 10.2 Å². The molecule has 1 heterocycles. The fourth-order valence-corrected chi connectivity index (χ4v) is 3.41. The highest BCUT2D eigenvalue weighted by Crippen LogP contribution is 2.17. The standard InChI is InChI=1S/C22H34N2O2/c1-18(2)15-24-13-12-23(17-21(24)10-14-25)16-20-7-5-19(6-8-20)9-11-22(3,4)26/h5-8,18,21,25-26H,10,12-17H2,1-4H3/t21-/m0/s1. The van der Waals surface area contributed by atoms with Gasteiger partial charge in [-0.25, -0.2) is 0 Å². The predicted molar refractivity (Wildman–Crippen MR) is 107 cm³/mol. The molecule has 1 saturated heterocycles. The van der Waals surface area contributed by atoms with E-state index in [1.54, 1.807) is 13.8 Å². The lowest BCUT2D eigenvalue weighted by molar-refractivity contribution is 0.0477. The largest absolute Gasteiger partial charge is 0.396 e. The van der Waals surface area contributed by atoms with Gasteiger partial charge >= 0.3 is 0 Å². The summed E-state index contributed by atoms with van der Waals surface area (Å²) >= 11 is 0. The number of hydrogen-bond acceptors (Lipinski definition) is 4. The second kappa shape index (κ2) is 9.53. The molecule has 0 aromatic heterocycles. The first-order valence-electron chi connectivity index (χ1n) is 9.68. The van der Waals surface area contributed by atoms with Gasteiger partial charge in [0.2, 0.25) is 0 Å². The quantitative estimate of drug-likeness (QED) is 0.767.